The number of hydrogen-bond donors (Lipinski definition) is 1. The Bertz CT molecular complexity index is 399. The van der Waals surface area contributed by atoms with Crippen LogP contribution in [0.2, 0.25) is 0 Å². The molecule has 0 heterocycles. The maximum Gasteiger partial charge on any atom is 0.223 e. The highest BCUT2D eigenvalue weighted by Gasteiger charge is 2.26. The molecule has 1 aromatic carbocycles. The number of methoxy groups -OCH3 is 1. The van der Waals surface area contributed by atoms with Gasteiger partial charge in [-0.05, 0) is 25.8 Å². The number of nitrogens with one attached hydrogen (secondary N) is 1. The zero-order valence-corrected chi connectivity index (χ0v) is 10.4. The van der Waals surface area contributed by atoms with Crippen LogP contribution < -0.4 is 10.1 Å². The Labute approximate surface area is 102 Å². The van der Waals surface area contributed by atoms with Crippen LogP contribution in [0.25, 0.3) is 0 Å². The first kappa shape index (κ1) is 12.0. The number of carbonyl (C=O) groups excluding carboxylic acids is 1. The molecule has 1 atom stereocenters. The number of hydrogen-bond acceptors (Lipinski definition) is 2. The molecular formula is C14H19NO2. The smallest absolute Gasteiger partial charge is 0.223 e. The van der Waals surface area contributed by atoms with Crippen LogP contribution in [0.4, 0.5) is 0 Å². The molecule has 0 aliphatic heterocycles. The summed E-state index contributed by atoms with van der Waals surface area (Å²) >= 11 is 0. The summed E-state index contributed by atoms with van der Waals surface area (Å²) in [7, 11) is 1.65. The van der Waals surface area contributed by atoms with Gasteiger partial charge in [-0.15, -0.1) is 0 Å². The lowest BCUT2D eigenvalue weighted by Crippen LogP contribution is -2.36. The van der Waals surface area contributed by atoms with Crippen LogP contribution in [-0.4, -0.2) is 13.0 Å². The number of para-hydroxylation sites is 1. The van der Waals surface area contributed by atoms with Gasteiger partial charge in [-0.1, -0.05) is 24.6 Å². The van der Waals surface area contributed by atoms with E-state index in [-0.39, 0.29) is 17.9 Å². The maximum absolute atomic E-state index is 11.9. The summed E-state index contributed by atoms with van der Waals surface area (Å²) < 4.78 is 5.30. The Morgan fingerprint density at radius 2 is 2.12 bits per heavy atom. The van der Waals surface area contributed by atoms with E-state index in [1.54, 1.807) is 7.11 Å². The maximum atomic E-state index is 11.9. The molecule has 1 saturated carbocycles. The van der Waals surface area contributed by atoms with Gasteiger partial charge in [0.1, 0.15) is 5.75 Å². The standard InChI is InChI=1S/C14H19NO2/c1-10(15-14(16)11-6-5-7-11)12-8-3-4-9-13(12)17-2/h3-4,8-11H,5-7H2,1-2H3,(H,15,16). The number of amides is 1. The molecule has 17 heavy (non-hydrogen) atoms. The summed E-state index contributed by atoms with van der Waals surface area (Å²) in [4.78, 5) is 11.9. The second-order valence-electron chi connectivity index (χ2n) is 4.60. The zero-order chi connectivity index (χ0) is 12.3. The Balaban J connectivity index is 2.03. The highest BCUT2D eigenvalue weighted by atomic mass is 16.5. The van der Waals surface area contributed by atoms with Crippen molar-refractivity contribution in [1.29, 1.82) is 0 Å². The first-order valence-electron chi connectivity index (χ1n) is 6.15. The Morgan fingerprint density at radius 3 is 2.71 bits per heavy atom. The van der Waals surface area contributed by atoms with Crippen LogP contribution >= 0.6 is 0 Å². The molecule has 2 rings (SSSR count). The van der Waals surface area contributed by atoms with Gasteiger partial charge in [0.2, 0.25) is 5.91 Å². The van der Waals surface area contributed by atoms with Crippen LogP contribution in [0, 0.1) is 5.92 Å². The van der Waals surface area contributed by atoms with Crippen molar-refractivity contribution in [3.63, 3.8) is 0 Å². The van der Waals surface area contributed by atoms with E-state index >= 15 is 0 Å². The minimum absolute atomic E-state index is 0.000694. The zero-order valence-electron chi connectivity index (χ0n) is 10.4. The van der Waals surface area contributed by atoms with Crippen molar-refractivity contribution in [1.82, 2.24) is 5.32 Å². The largest absolute Gasteiger partial charge is 0.496 e. The van der Waals surface area contributed by atoms with E-state index in [1.165, 1.54) is 6.42 Å². The lowest BCUT2D eigenvalue weighted by atomic mass is 9.84. The molecule has 1 aliphatic rings. The number of carbonyl (C=O) groups is 1. The SMILES string of the molecule is COc1ccccc1C(C)NC(=O)C1CCC1. The van der Waals surface area contributed by atoms with E-state index in [1.807, 2.05) is 31.2 Å². The predicted octanol–water partition coefficient (Wildman–Crippen LogP) is 2.67. The number of ether oxygens (including phenoxy) is 1. The molecule has 1 aromatic rings. The summed E-state index contributed by atoms with van der Waals surface area (Å²) in [6.07, 6.45) is 3.25. The van der Waals surface area contributed by atoms with E-state index < -0.39 is 0 Å². The summed E-state index contributed by atoms with van der Waals surface area (Å²) in [6, 6.07) is 7.80. The van der Waals surface area contributed by atoms with Gasteiger partial charge in [-0.3, -0.25) is 4.79 Å². The molecule has 3 heteroatoms. The first-order chi connectivity index (χ1) is 8.22. The van der Waals surface area contributed by atoms with E-state index in [0.29, 0.717) is 0 Å². The predicted molar refractivity (Wildman–Crippen MR) is 66.9 cm³/mol. The molecule has 0 saturated heterocycles. The van der Waals surface area contributed by atoms with Gasteiger partial charge in [-0.25, -0.2) is 0 Å². The third-order valence-electron chi connectivity index (χ3n) is 3.44. The number of rotatable bonds is 4. The fourth-order valence-corrected chi connectivity index (χ4v) is 2.10. The lowest BCUT2D eigenvalue weighted by molar-refractivity contribution is -0.128. The molecule has 92 valence electrons. The lowest BCUT2D eigenvalue weighted by Gasteiger charge is -2.26. The van der Waals surface area contributed by atoms with E-state index in [4.69, 9.17) is 4.74 Å². The molecule has 1 amide bonds. The normalized spacial score (nSPS) is 17.1. The molecule has 1 aliphatic carbocycles. The van der Waals surface area contributed by atoms with Crippen molar-refractivity contribution < 1.29 is 9.53 Å². The Hall–Kier alpha value is -1.51. The van der Waals surface area contributed by atoms with Crippen LogP contribution in [0.1, 0.15) is 37.8 Å². The van der Waals surface area contributed by atoms with E-state index in [0.717, 1.165) is 24.2 Å². The van der Waals surface area contributed by atoms with Crippen molar-refractivity contribution in [2.45, 2.75) is 32.2 Å². The van der Waals surface area contributed by atoms with Gasteiger partial charge in [-0.2, -0.15) is 0 Å². The van der Waals surface area contributed by atoms with Gasteiger partial charge in [0.05, 0.1) is 13.2 Å². The fourth-order valence-electron chi connectivity index (χ4n) is 2.10. The first-order valence-corrected chi connectivity index (χ1v) is 6.15. The van der Waals surface area contributed by atoms with Gasteiger partial charge < -0.3 is 10.1 Å². The molecular weight excluding hydrogens is 214 g/mol. The number of benzene rings is 1. The molecule has 3 nitrogen and oxygen atoms in total. The van der Waals surface area contributed by atoms with Crippen molar-refractivity contribution in [2.24, 2.45) is 5.92 Å². The molecule has 0 aromatic heterocycles. The fraction of sp³-hybridized carbons (Fsp3) is 0.500. The third kappa shape index (κ3) is 2.60. The quantitative estimate of drug-likeness (QED) is 0.868. The summed E-state index contributed by atoms with van der Waals surface area (Å²) in [6.45, 7) is 1.99. The van der Waals surface area contributed by atoms with Crippen molar-refractivity contribution >= 4 is 5.91 Å². The molecule has 0 spiro atoms. The van der Waals surface area contributed by atoms with Crippen LogP contribution in [-0.2, 0) is 4.79 Å². The molecule has 0 radical (unpaired) electrons. The molecule has 1 fully saturated rings. The van der Waals surface area contributed by atoms with Gasteiger partial charge >= 0.3 is 0 Å². The average Bonchev–Trinajstić information content (AvgIpc) is 2.26. The molecule has 1 unspecified atom stereocenters. The van der Waals surface area contributed by atoms with Crippen LogP contribution in [0.5, 0.6) is 5.75 Å². The summed E-state index contributed by atoms with van der Waals surface area (Å²) in [5, 5.41) is 3.05. The average molecular weight is 233 g/mol. The third-order valence-corrected chi connectivity index (χ3v) is 3.44. The van der Waals surface area contributed by atoms with Gasteiger partial charge in [0, 0.05) is 11.5 Å². The highest BCUT2D eigenvalue weighted by molar-refractivity contribution is 5.79. The van der Waals surface area contributed by atoms with E-state index in [2.05, 4.69) is 5.32 Å². The Morgan fingerprint density at radius 1 is 1.41 bits per heavy atom. The van der Waals surface area contributed by atoms with Gasteiger partial charge in [0.15, 0.2) is 0 Å². The summed E-state index contributed by atoms with van der Waals surface area (Å²) in [5.41, 5.74) is 1.03. The highest BCUT2D eigenvalue weighted by Crippen LogP contribution is 2.29. The van der Waals surface area contributed by atoms with Crippen LogP contribution in [0.3, 0.4) is 0 Å². The minimum atomic E-state index is -0.000694. The second kappa shape index (κ2) is 5.21. The Kier molecular flexibility index (Phi) is 3.67. The topological polar surface area (TPSA) is 38.3 Å². The van der Waals surface area contributed by atoms with Gasteiger partial charge in [0.25, 0.3) is 0 Å². The monoisotopic (exact) mass is 233 g/mol. The van der Waals surface area contributed by atoms with Crippen molar-refractivity contribution in [3.05, 3.63) is 29.8 Å². The van der Waals surface area contributed by atoms with Crippen molar-refractivity contribution in [3.8, 4) is 5.75 Å². The summed E-state index contributed by atoms with van der Waals surface area (Å²) in [5.74, 6) is 1.23. The molecule has 0 bridgehead atoms. The van der Waals surface area contributed by atoms with E-state index in [9.17, 15) is 4.79 Å². The molecule has 1 N–H and O–H groups in total. The van der Waals surface area contributed by atoms with Crippen molar-refractivity contribution in [2.75, 3.05) is 7.11 Å². The minimum Gasteiger partial charge on any atom is -0.496 e. The van der Waals surface area contributed by atoms with Crippen LogP contribution in [0.15, 0.2) is 24.3 Å². The second-order valence-corrected chi connectivity index (χ2v) is 4.60.